The summed E-state index contributed by atoms with van der Waals surface area (Å²) in [6.07, 6.45) is 0.831. The van der Waals surface area contributed by atoms with E-state index in [2.05, 4.69) is 5.32 Å². The quantitative estimate of drug-likeness (QED) is 0.808. The molecule has 0 aliphatic rings. The molecular weight excluding hydrogens is 209 g/mol. The predicted octanol–water partition coefficient (Wildman–Crippen LogP) is 2.26. The van der Waals surface area contributed by atoms with Gasteiger partial charge < -0.3 is 10.4 Å². The predicted molar refractivity (Wildman–Crippen MR) is 59.8 cm³/mol. The number of nitrogens with one attached hydrogen (secondary N) is 1. The maximum atomic E-state index is 13.1. The first-order valence-electron chi connectivity index (χ1n) is 5.28. The van der Waals surface area contributed by atoms with Crippen LogP contribution in [0.5, 0.6) is 0 Å². The van der Waals surface area contributed by atoms with Gasteiger partial charge in [0.1, 0.15) is 11.9 Å². The van der Waals surface area contributed by atoms with E-state index in [1.54, 1.807) is 13.0 Å². The molecule has 1 aromatic carbocycles. The van der Waals surface area contributed by atoms with Gasteiger partial charge in [0.05, 0.1) is 0 Å². The van der Waals surface area contributed by atoms with Gasteiger partial charge in [-0.15, -0.1) is 0 Å². The molecule has 0 aliphatic carbocycles. The number of carboxylic acids is 1. The lowest BCUT2D eigenvalue weighted by atomic mass is 10.0. The highest BCUT2D eigenvalue weighted by atomic mass is 19.1. The van der Waals surface area contributed by atoms with Gasteiger partial charge in [-0.25, -0.2) is 4.39 Å². The molecule has 0 bridgehead atoms. The van der Waals surface area contributed by atoms with E-state index in [9.17, 15) is 9.18 Å². The van der Waals surface area contributed by atoms with Crippen LogP contribution in [-0.4, -0.2) is 17.6 Å². The Labute approximate surface area is 94.3 Å². The Morgan fingerprint density at radius 2 is 2.25 bits per heavy atom. The third-order valence-corrected chi connectivity index (χ3v) is 2.40. The van der Waals surface area contributed by atoms with Crippen LogP contribution < -0.4 is 5.32 Å². The minimum Gasteiger partial charge on any atom is -0.480 e. The van der Waals surface area contributed by atoms with Crippen LogP contribution in [0.15, 0.2) is 18.2 Å². The lowest BCUT2D eigenvalue weighted by Gasteiger charge is -2.16. The highest BCUT2D eigenvalue weighted by molar-refractivity contribution is 5.76. The first kappa shape index (κ1) is 12.6. The summed E-state index contributed by atoms with van der Waals surface area (Å²) >= 11 is 0. The molecule has 1 unspecified atom stereocenters. The van der Waals surface area contributed by atoms with Crippen molar-refractivity contribution in [2.75, 3.05) is 6.54 Å². The van der Waals surface area contributed by atoms with Crippen molar-refractivity contribution in [2.45, 2.75) is 26.3 Å². The van der Waals surface area contributed by atoms with E-state index < -0.39 is 17.8 Å². The molecule has 1 rings (SSSR count). The normalized spacial score (nSPS) is 12.4. The summed E-state index contributed by atoms with van der Waals surface area (Å²) in [5, 5.41) is 12.0. The molecule has 0 aromatic heterocycles. The number of hydrogen-bond acceptors (Lipinski definition) is 2. The first-order valence-corrected chi connectivity index (χ1v) is 5.28. The van der Waals surface area contributed by atoms with Gasteiger partial charge in [0, 0.05) is 0 Å². The molecule has 0 amide bonds. The second kappa shape index (κ2) is 5.61. The SMILES string of the molecule is CCCNC(C(=O)O)c1cc(F)ccc1C. The maximum absolute atomic E-state index is 13.1. The Morgan fingerprint density at radius 3 is 2.81 bits per heavy atom. The van der Waals surface area contributed by atoms with Crippen molar-refractivity contribution >= 4 is 5.97 Å². The first-order chi connectivity index (χ1) is 7.56. The van der Waals surface area contributed by atoms with Crippen molar-refractivity contribution in [1.82, 2.24) is 5.32 Å². The van der Waals surface area contributed by atoms with Crippen molar-refractivity contribution < 1.29 is 14.3 Å². The average Bonchev–Trinajstić information content (AvgIpc) is 2.23. The third kappa shape index (κ3) is 3.03. The molecule has 1 atom stereocenters. The zero-order chi connectivity index (χ0) is 12.1. The van der Waals surface area contributed by atoms with Crippen LogP contribution in [0.25, 0.3) is 0 Å². The number of hydrogen-bond donors (Lipinski definition) is 2. The van der Waals surface area contributed by atoms with Crippen LogP contribution in [0.1, 0.15) is 30.5 Å². The minimum atomic E-state index is -0.984. The summed E-state index contributed by atoms with van der Waals surface area (Å²) in [4.78, 5) is 11.1. The third-order valence-electron chi connectivity index (χ3n) is 2.40. The van der Waals surface area contributed by atoms with Crippen LogP contribution in [0.3, 0.4) is 0 Å². The van der Waals surface area contributed by atoms with E-state index in [1.165, 1.54) is 12.1 Å². The van der Waals surface area contributed by atoms with E-state index in [4.69, 9.17) is 5.11 Å². The van der Waals surface area contributed by atoms with Crippen molar-refractivity contribution in [3.63, 3.8) is 0 Å². The molecular formula is C12H16FNO2. The Kier molecular flexibility index (Phi) is 4.43. The van der Waals surface area contributed by atoms with E-state index in [1.807, 2.05) is 6.92 Å². The molecule has 88 valence electrons. The number of aryl methyl sites for hydroxylation is 1. The summed E-state index contributed by atoms with van der Waals surface area (Å²) in [5.41, 5.74) is 1.26. The summed E-state index contributed by atoms with van der Waals surface area (Å²) in [6, 6.07) is 3.36. The summed E-state index contributed by atoms with van der Waals surface area (Å²) in [7, 11) is 0. The standard InChI is InChI=1S/C12H16FNO2/c1-3-6-14-11(12(15)16)10-7-9(13)5-4-8(10)2/h4-5,7,11,14H,3,6H2,1-2H3,(H,15,16). The smallest absolute Gasteiger partial charge is 0.325 e. The Hall–Kier alpha value is -1.42. The fourth-order valence-corrected chi connectivity index (χ4v) is 1.54. The molecule has 4 heteroatoms. The zero-order valence-electron chi connectivity index (χ0n) is 9.46. The van der Waals surface area contributed by atoms with Gasteiger partial charge in [0.2, 0.25) is 0 Å². The fourth-order valence-electron chi connectivity index (χ4n) is 1.54. The number of carbonyl (C=O) groups is 1. The van der Waals surface area contributed by atoms with E-state index in [0.29, 0.717) is 12.1 Å². The molecule has 1 aromatic rings. The van der Waals surface area contributed by atoms with Gasteiger partial charge in [-0.05, 0) is 43.1 Å². The molecule has 0 spiro atoms. The van der Waals surface area contributed by atoms with Crippen LogP contribution >= 0.6 is 0 Å². The molecule has 0 saturated heterocycles. The number of aliphatic carboxylic acids is 1. The second-order valence-corrected chi connectivity index (χ2v) is 3.73. The Balaban J connectivity index is 3.00. The largest absolute Gasteiger partial charge is 0.480 e. The Morgan fingerprint density at radius 1 is 1.56 bits per heavy atom. The summed E-state index contributed by atoms with van der Waals surface area (Å²) < 4.78 is 13.1. The molecule has 0 radical (unpaired) electrons. The highest BCUT2D eigenvalue weighted by Gasteiger charge is 2.20. The van der Waals surface area contributed by atoms with Crippen molar-refractivity contribution in [1.29, 1.82) is 0 Å². The number of halogens is 1. The molecule has 2 N–H and O–H groups in total. The molecule has 0 saturated carbocycles. The van der Waals surface area contributed by atoms with Crippen LogP contribution in [0, 0.1) is 12.7 Å². The average molecular weight is 225 g/mol. The minimum absolute atomic E-state index is 0.412. The second-order valence-electron chi connectivity index (χ2n) is 3.73. The van der Waals surface area contributed by atoms with Gasteiger partial charge in [-0.2, -0.15) is 0 Å². The summed E-state index contributed by atoms with van der Waals surface area (Å²) in [6.45, 7) is 4.32. The molecule has 0 heterocycles. The van der Waals surface area contributed by atoms with Crippen LogP contribution in [-0.2, 0) is 4.79 Å². The number of benzene rings is 1. The molecule has 0 aliphatic heterocycles. The van der Waals surface area contributed by atoms with E-state index >= 15 is 0 Å². The van der Waals surface area contributed by atoms with E-state index in [0.717, 1.165) is 12.0 Å². The van der Waals surface area contributed by atoms with Gasteiger partial charge in [-0.3, -0.25) is 4.79 Å². The van der Waals surface area contributed by atoms with Gasteiger partial charge in [0.25, 0.3) is 0 Å². The van der Waals surface area contributed by atoms with E-state index in [-0.39, 0.29) is 0 Å². The van der Waals surface area contributed by atoms with Crippen LogP contribution in [0.4, 0.5) is 4.39 Å². The van der Waals surface area contributed by atoms with Gasteiger partial charge >= 0.3 is 5.97 Å². The topological polar surface area (TPSA) is 49.3 Å². The number of carboxylic acid groups (broad SMARTS) is 1. The highest BCUT2D eigenvalue weighted by Crippen LogP contribution is 2.19. The van der Waals surface area contributed by atoms with Gasteiger partial charge in [-0.1, -0.05) is 13.0 Å². The molecule has 16 heavy (non-hydrogen) atoms. The lowest BCUT2D eigenvalue weighted by Crippen LogP contribution is -2.29. The van der Waals surface area contributed by atoms with Crippen molar-refractivity contribution in [3.05, 3.63) is 35.1 Å². The monoisotopic (exact) mass is 225 g/mol. The van der Waals surface area contributed by atoms with Crippen molar-refractivity contribution in [2.24, 2.45) is 0 Å². The Bertz CT molecular complexity index is 379. The zero-order valence-corrected chi connectivity index (χ0v) is 9.46. The lowest BCUT2D eigenvalue weighted by molar-refractivity contribution is -0.139. The summed E-state index contributed by atoms with van der Waals surface area (Å²) in [5.74, 6) is -1.40. The van der Waals surface area contributed by atoms with Gasteiger partial charge in [0.15, 0.2) is 0 Å². The van der Waals surface area contributed by atoms with Crippen LogP contribution in [0.2, 0.25) is 0 Å². The fraction of sp³-hybridized carbons (Fsp3) is 0.417. The number of rotatable bonds is 5. The molecule has 3 nitrogen and oxygen atoms in total. The maximum Gasteiger partial charge on any atom is 0.325 e. The molecule has 0 fully saturated rings. The van der Waals surface area contributed by atoms with Crippen molar-refractivity contribution in [3.8, 4) is 0 Å².